The third-order valence-corrected chi connectivity index (χ3v) is 3.67. The van der Waals surface area contributed by atoms with Crippen LogP contribution in [0, 0.1) is 0 Å². The van der Waals surface area contributed by atoms with Crippen LogP contribution in [-0.4, -0.2) is 43.6 Å². The number of rotatable bonds is 6. The molecular weight excluding hydrogens is 314 g/mol. The molecule has 7 heteroatoms. The highest BCUT2D eigenvalue weighted by atomic mass is 35.5. The van der Waals surface area contributed by atoms with Gasteiger partial charge in [0.2, 0.25) is 5.91 Å². The molecule has 1 atom stereocenters. The van der Waals surface area contributed by atoms with Crippen molar-refractivity contribution in [2.75, 3.05) is 20.1 Å². The number of nitrogens with one attached hydrogen (secondary N) is 1. The normalized spacial score (nSPS) is 17.5. The summed E-state index contributed by atoms with van der Waals surface area (Å²) in [6.45, 7) is -1.41. The van der Waals surface area contributed by atoms with Crippen LogP contribution >= 0.6 is 12.4 Å². The number of hydrogen-bond acceptors (Lipinski definition) is 3. The van der Waals surface area contributed by atoms with Crippen molar-refractivity contribution in [2.24, 2.45) is 0 Å². The quantitative estimate of drug-likeness (QED) is 0.869. The highest BCUT2D eigenvalue weighted by Gasteiger charge is 2.28. The predicted octanol–water partition coefficient (Wildman–Crippen LogP) is 2.46. The van der Waals surface area contributed by atoms with Crippen molar-refractivity contribution < 1.29 is 18.3 Å². The molecule has 1 unspecified atom stereocenters. The molecule has 124 valence electrons. The summed E-state index contributed by atoms with van der Waals surface area (Å²) >= 11 is 0. The van der Waals surface area contributed by atoms with Crippen LogP contribution in [0.3, 0.4) is 0 Å². The summed E-state index contributed by atoms with van der Waals surface area (Å²) in [5.41, 5.74) is 0.498. The zero-order chi connectivity index (χ0) is 15.2. The summed E-state index contributed by atoms with van der Waals surface area (Å²) in [6, 6.07) is 6.63. The minimum atomic E-state index is -2.88. The number of likely N-dealkylation sites (tertiary alicyclic amines) is 1. The lowest BCUT2D eigenvalue weighted by molar-refractivity contribution is -0.131. The first-order valence-corrected chi connectivity index (χ1v) is 7.08. The van der Waals surface area contributed by atoms with E-state index >= 15 is 0 Å². The van der Waals surface area contributed by atoms with Gasteiger partial charge in [-0.3, -0.25) is 4.79 Å². The van der Waals surface area contributed by atoms with Crippen molar-refractivity contribution in [2.45, 2.75) is 31.9 Å². The summed E-state index contributed by atoms with van der Waals surface area (Å²) in [5.74, 6) is 0.0308. The second-order valence-electron chi connectivity index (χ2n) is 5.10. The summed E-state index contributed by atoms with van der Waals surface area (Å²) in [5, 5.41) is 3.08. The van der Waals surface area contributed by atoms with E-state index in [1.807, 2.05) is 11.9 Å². The highest BCUT2D eigenvalue weighted by Crippen LogP contribution is 2.23. The molecule has 1 amide bonds. The monoisotopic (exact) mass is 334 g/mol. The first kappa shape index (κ1) is 18.6. The van der Waals surface area contributed by atoms with Crippen molar-refractivity contribution in [3.05, 3.63) is 29.8 Å². The van der Waals surface area contributed by atoms with Crippen LogP contribution in [0.4, 0.5) is 8.78 Å². The molecule has 1 aliphatic rings. The first-order chi connectivity index (χ1) is 10.1. The molecule has 1 saturated heterocycles. The Hall–Kier alpha value is -1.40. The Kier molecular flexibility index (Phi) is 7.55. The van der Waals surface area contributed by atoms with E-state index in [0.717, 1.165) is 25.9 Å². The number of carbonyl (C=O) groups excluding carboxylic acids is 1. The van der Waals surface area contributed by atoms with Crippen LogP contribution in [0.2, 0.25) is 0 Å². The van der Waals surface area contributed by atoms with Crippen LogP contribution in [0.1, 0.15) is 18.4 Å². The fourth-order valence-electron chi connectivity index (χ4n) is 2.74. The van der Waals surface area contributed by atoms with Crippen LogP contribution in [-0.2, 0) is 11.2 Å². The Morgan fingerprint density at radius 2 is 2.18 bits per heavy atom. The van der Waals surface area contributed by atoms with Crippen molar-refractivity contribution in [1.82, 2.24) is 10.2 Å². The molecule has 1 heterocycles. The van der Waals surface area contributed by atoms with Gasteiger partial charge in [0.25, 0.3) is 0 Å². The zero-order valence-electron chi connectivity index (χ0n) is 12.4. The molecule has 1 aliphatic heterocycles. The molecule has 1 aromatic carbocycles. The first-order valence-electron chi connectivity index (χ1n) is 7.08. The maximum absolute atomic E-state index is 12.4. The molecule has 22 heavy (non-hydrogen) atoms. The van der Waals surface area contributed by atoms with Gasteiger partial charge in [-0.1, -0.05) is 18.2 Å². The van der Waals surface area contributed by atoms with E-state index < -0.39 is 6.61 Å². The summed E-state index contributed by atoms with van der Waals surface area (Å²) in [4.78, 5) is 14.2. The largest absolute Gasteiger partial charge is 0.435 e. The third-order valence-electron chi connectivity index (χ3n) is 3.67. The van der Waals surface area contributed by atoms with E-state index in [9.17, 15) is 13.6 Å². The van der Waals surface area contributed by atoms with Crippen LogP contribution in [0.25, 0.3) is 0 Å². The highest BCUT2D eigenvalue weighted by molar-refractivity contribution is 5.85. The number of para-hydroxylation sites is 1. The molecule has 0 bridgehead atoms. The summed E-state index contributed by atoms with van der Waals surface area (Å²) in [7, 11) is 1.85. The van der Waals surface area contributed by atoms with E-state index in [0.29, 0.717) is 5.56 Å². The number of ether oxygens (including phenoxy) is 1. The predicted molar refractivity (Wildman–Crippen MR) is 82.7 cm³/mol. The molecule has 0 radical (unpaired) electrons. The van der Waals surface area contributed by atoms with Gasteiger partial charge in [-0.2, -0.15) is 8.78 Å². The molecule has 1 aromatic rings. The average Bonchev–Trinajstić information content (AvgIpc) is 2.89. The summed E-state index contributed by atoms with van der Waals surface area (Å²) < 4.78 is 29.2. The maximum Gasteiger partial charge on any atom is 0.387 e. The lowest BCUT2D eigenvalue weighted by Gasteiger charge is -2.25. The van der Waals surface area contributed by atoms with Crippen LogP contribution < -0.4 is 10.1 Å². The minimum Gasteiger partial charge on any atom is -0.435 e. The zero-order valence-corrected chi connectivity index (χ0v) is 13.2. The molecule has 2 rings (SSSR count). The van der Waals surface area contributed by atoms with E-state index in [2.05, 4.69) is 10.1 Å². The van der Waals surface area contributed by atoms with Gasteiger partial charge in [-0.25, -0.2) is 0 Å². The maximum atomic E-state index is 12.4. The van der Waals surface area contributed by atoms with Gasteiger partial charge in [0, 0.05) is 24.7 Å². The topological polar surface area (TPSA) is 41.6 Å². The molecule has 0 saturated carbocycles. The number of nitrogens with zero attached hydrogens (tertiary/aromatic N) is 1. The van der Waals surface area contributed by atoms with E-state index in [-0.39, 0.29) is 36.5 Å². The molecule has 0 spiro atoms. The van der Waals surface area contributed by atoms with Crippen molar-refractivity contribution in [3.8, 4) is 5.75 Å². The molecular formula is C15H21ClF2N2O2. The molecule has 0 aliphatic carbocycles. The van der Waals surface area contributed by atoms with Crippen molar-refractivity contribution in [3.63, 3.8) is 0 Å². The van der Waals surface area contributed by atoms with E-state index in [1.54, 1.807) is 18.2 Å². The molecule has 4 nitrogen and oxygen atoms in total. The average molecular weight is 335 g/mol. The van der Waals surface area contributed by atoms with Gasteiger partial charge in [0.05, 0.1) is 6.42 Å². The lowest BCUT2D eigenvalue weighted by Crippen LogP contribution is -2.41. The van der Waals surface area contributed by atoms with Gasteiger partial charge in [-0.05, 0) is 26.0 Å². The smallest absolute Gasteiger partial charge is 0.387 e. The number of likely N-dealkylation sites (N-methyl/N-ethyl adjacent to an activating group) is 1. The van der Waals surface area contributed by atoms with Gasteiger partial charge >= 0.3 is 6.61 Å². The standard InChI is InChI=1S/C15H20F2N2O2.ClH/c1-18-10-12-6-4-8-19(12)14(20)9-11-5-2-3-7-13(11)21-15(16)17;/h2-3,5,7,12,15,18H,4,6,8-10H2,1H3;1H. The van der Waals surface area contributed by atoms with Crippen molar-refractivity contribution in [1.29, 1.82) is 0 Å². The number of benzene rings is 1. The third kappa shape index (κ3) is 4.81. The second-order valence-corrected chi connectivity index (χ2v) is 5.10. The van der Waals surface area contributed by atoms with Gasteiger partial charge in [-0.15, -0.1) is 12.4 Å². The van der Waals surface area contributed by atoms with Gasteiger partial charge in [0.1, 0.15) is 5.75 Å². The van der Waals surface area contributed by atoms with Crippen LogP contribution in [0.5, 0.6) is 5.75 Å². The van der Waals surface area contributed by atoms with Crippen molar-refractivity contribution >= 4 is 18.3 Å². The number of halogens is 3. The Morgan fingerprint density at radius 3 is 2.86 bits per heavy atom. The molecule has 1 fully saturated rings. The number of hydrogen-bond donors (Lipinski definition) is 1. The SMILES string of the molecule is CNCC1CCCN1C(=O)Cc1ccccc1OC(F)F.Cl. The molecule has 0 aromatic heterocycles. The fourth-order valence-corrected chi connectivity index (χ4v) is 2.74. The minimum absolute atomic E-state index is 0. The van der Waals surface area contributed by atoms with Crippen LogP contribution in [0.15, 0.2) is 24.3 Å². The van der Waals surface area contributed by atoms with Gasteiger partial charge < -0.3 is 15.0 Å². The molecule has 1 N–H and O–H groups in total. The lowest BCUT2D eigenvalue weighted by atomic mass is 10.1. The van der Waals surface area contributed by atoms with E-state index in [4.69, 9.17) is 0 Å². The fraction of sp³-hybridized carbons (Fsp3) is 0.533. The Bertz CT molecular complexity index is 488. The Balaban J connectivity index is 0.00000242. The summed E-state index contributed by atoms with van der Waals surface area (Å²) in [6.07, 6.45) is 2.04. The Labute approximate surface area is 135 Å². The number of amides is 1. The Morgan fingerprint density at radius 1 is 1.45 bits per heavy atom. The van der Waals surface area contributed by atoms with Gasteiger partial charge in [0.15, 0.2) is 0 Å². The number of alkyl halides is 2. The second kappa shape index (κ2) is 8.90. The number of carbonyl (C=O) groups is 1. The van der Waals surface area contributed by atoms with E-state index in [1.165, 1.54) is 6.07 Å².